The van der Waals surface area contributed by atoms with Gasteiger partial charge in [-0.3, -0.25) is 4.79 Å². The van der Waals surface area contributed by atoms with E-state index in [0.717, 1.165) is 0 Å². The van der Waals surface area contributed by atoms with Crippen LogP contribution in [0.5, 0.6) is 0 Å². The van der Waals surface area contributed by atoms with Crippen LogP contribution in [0.1, 0.15) is 5.56 Å². The SMILES string of the molecule is O=c1[nH]ncc(CO)c1Cl. The molecule has 10 heavy (non-hydrogen) atoms. The highest BCUT2D eigenvalue weighted by Crippen LogP contribution is 2.06. The summed E-state index contributed by atoms with van der Waals surface area (Å²) in [6.45, 7) is -0.268. The molecule has 1 aromatic heterocycles. The fourth-order valence-electron chi connectivity index (χ4n) is 0.531. The molecule has 0 aromatic carbocycles. The van der Waals surface area contributed by atoms with Crippen molar-refractivity contribution < 1.29 is 5.11 Å². The Hall–Kier alpha value is -0.870. The van der Waals surface area contributed by atoms with E-state index in [2.05, 4.69) is 10.2 Å². The van der Waals surface area contributed by atoms with Gasteiger partial charge in [0.1, 0.15) is 5.02 Å². The Kier molecular flexibility index (Phi) is 2.03. The first-order valence-corrected chi connectivity index (χ1v) is 2.96. The van der Waals surface area contributed by atoms with E-state index in [1.54, 1.807) is 0 Å². The lowest BCUT2D eigenvalue weighted by Gasteiger charge is -1.94. The Morgan fingerprint density at radius 2 is 2.50 bits per heavy atom. The molecule has 1 aromatic rings. The van der Waals surface area contributed by atoms with Gasteiger partial charge in [0.05, 0.1) is 12.8 Å². The minimum atomic E-state index is -0.479. The second-order valence-electron chi connectivity index (χ2n) is 1.70. The monoisotopic (exact) mass is 160 g/mol. The molecule has 1 heterocycles. The molecule has 2 N–H and O–H groups in total. The predicted octanol–water partition coefficient (Wildman–Crippen LogP) is -0.0844. The van der Waals surface area contributed by atoms with E-state index in [-0.39, 0.29) is 11.6 Å². The summed E-state index contributed by atoms with van der Waals surface area (Å²) in [6, 6.07) is 0. The average molecular weight is 161 g/mol. The Balaban J connectivity index is 3.28. The summed E-state index contributed by atoms with van der Waals surface area (Å²) in [5.74, 6) is 0. The van der Waals surface area contributed by atoms with Gasteiger partial charge in [-0.1, -0.05) is 11.6 Å². The van der Waals surface area contributed by atoms with Crippen LogP contribution in [-0.2, 0) is 6.61 Å². The molecule has 0 unspecified atom stereocenters. The summed E-state index contributed by atoms with van der Waals surface area (Å²) in [5.41, 5.74) is -0.140. The number of nitrogens with one attached hydrogen (secondary N) is 1. The summed E-state index contributed by atoms with van der Waals surface area (Å²) < 4.78 is 0. The molecule has 1 rings (SSSR count). The van der Waals surface area contributed by atoms with Crippen molar-refractivity contribution in [1.82, 2.24) is 10.2 Å². The lowest BCUT2D eigenvalue weighted by molar-refractivity contribution is 0.281. The standard InChI is InChI=1S/C5H5ClN2O2/c6-4-3(2-9)1-7-8-5(4)10/h1,9H,2H2,(H,8,10). The van der Waals surface area contributed by atoms with Crippen LogP contribution < -0.4 is 5.56 Å². The zero-order valence-corrected chi connectivity index (χ0v) is 5.72. The molecule has 0 saturated carbocycles. The van der Waals surface area contributed by atoms with E-state index in [1.165, 1.54) is 6.20 Å². The van der Waals surface area contributed by atoms with Crippen LogP contribution in [0.3, 0.4) is 0 Å². The van der Waals surface area contributed by atoms with Gasteiger partial charge in [0.25, 0.3) is 5.56 Å². The fraction of sp³-hybridized carbons (Fsp3) is 0.200. The van der Waals surface area contributed by atoms with Crippen LogP contribution in [0.25, 0.3) is 0 Å². The summed E-state index contributed by atoms with van der Waals surface area (Å²) in [7, 11) is 0. The molecule has 0 aliphatic heterocycles. The van der Waals surface area contributed by atoms with Crippen molar-refractivity contribution >= 4 is 11.6 Å². The quantitative estimate of drug-likeness (QED) is 0.604. The van der Waals surface area contributed by atoms with Crippen LogP contribution in [0.2, 0.25) is 5.02 Å². The van der Waals surface area contributed by atoms with Gasteiger partial charge in [-0.2, -0.15) is 5.10 Å². The normalized spacial score (nSPS) is 9.80. The largest absolute Gasteiger partial charge is 0.392 e. The van der Waals surface area contributed by atoms with E-state index < -0.39 is 5.56 Å². The number of aromatic amines is 1. The molecule has 0 bridgehead atoms. The number of rotatable bonds is 1. The topological polar surface area (TPSA) is 66.0 Å². The van der Waals surface area contributed by atoms with Gasteiger partial charge in [-0.05, 0) is 0 Å². The summed E-state index contributed by atoms with van der Waals surface area (Å²) in [4.78, 5) is 10.6. The van der Waals surface area contributed by atoms with Gasteiger partial charge in [-0.15, -0.1) is 0 Å². The Morgan fingerprint density at radius 1 is 1.80 bits per heavy atom. The molecule has 0 spiro atoms. The van der Waals surface area contributed by atoms with E-state index >= 15 is 0 Å². The molecule has 0 atom stereocenters. The van der Waals surface area contributed by atoms with Gasteiger partial charge in [-0.25, -0.2) is 5.10 Å². The number of aliphatic hydroxyl groups is 1. The number of hydrogen-bond donors (Lipinski definition) is 2. The molecular formula is C5H5ClN2O2. The van der Waals surface area contributed by atoms with Gasteiger partial charge in [0.15, 0.2) is 0 Å². The maximum Gasteiger partial charge on any atom is 0.283 e. The zero-order chi connectivity index (χ0) is 7.56. The van der Waals surface area contributed by atoms with E-state index in [1.807, 2.05) is 0 Å². The lowest BCUT2D eigenvalue weighted by Crippen LogP contribution is -2.10. The number of hydrogen-bond acceptors (Lipinski definition) is 3. The van der Waals surface area contributed by atoms with Crippen LogP contribution in [0.15, 0.2) is 11.0 Å². The van der Waals surface area contributed by atoms with Crippen molar-refractivity contribution in [2.75, 3.05) is 0 Å². The van der Waals surface area contributed by atoms with Gasteiger partial charge < -0.3 is 5.11 Å². The first kappa shape index (κ1) is 7.24. The maximum absolute atomic E-state index is 10.6. The van der Waals surface area contributed by atoms with E-state index in [0.29, 0.717) is 5.56 Å². The molecular weight excluding hydrogens is 156 g/mol. The first-order valence-electron chi connectivity index (χ1n) is 2.58. The second kappa shape index (κ2) is 2.81. The third-order valence-electron chi connectivity index (χ3n) is 1.04. The molecule has 4 nitrogen and oxygen atoms in total. The van der Waals surface area contributed by atoms with E-state index in [9.17, 15) is 4.79 Å². The Bertz CT molecular complexity index is 283. The maximum atomic E-state index is 10.6. The van der Waals surface area contributed by atoms with Gasteiger partial charge in [0.2, 0.25) is 0 Å². The third kappa shape index (κ3) is 1.17. The van der Waals surface area contributed by atoms with E-state index in [4.69, 9.17) is 16.7 Å². The summed E-state index contributed by atoms with van der Waals surface area (Å²) in [5, 5.41) is 14.1. The highest BCUT2D eigenvalue weighted by Gasteiger charge is 2.01. The highest BCUT2D eigenvalue weighted by atomic mass is 35.5. The molecule has 0 fully saturated rings. The molecule has 0 aliphatic rings. The number of halogens is 1. The minimum Gasteiger partial charge on any atom is -0.392 e. The lowest BCUT2D eigenvalue weighted by atomic mass is 10.3. The smallest absolute Gasteiger partial charge is 0.283 e. The molecule has 0 radical (unpaired) electrons. The minimum absolute atomic E-state index is 0.00231. The number of aromatic nitrogens is 2. The molecule has 0 amide bonds. The molecule has 5 heteroatoms. The average Bonchev–Trinajstić information content (AvgIpc) is 1.95. The van der Waals surface area contributed by atoms with Crippen molar-refractivity contribution in [3.8, 4) is 0 Å². The molecule has 0 aliphatic carbocycles. The molecule has 0 saturated heterocycles. The Morgan fingerprint density at radius 3 is 3.00 bits per heavy atom. The van der Waals surface area contributed by atoms with Crippen LogP contribution in [0, 0.1) is 0 Å². The van der Waals surface area contributed by atoms with Gasteiger partial charge in [0, 0.05) is 5.56 Å². The number of nitrogens with zero attached hydrogens (tertiary/aromatic N) is 1. The van der Waals surface area contributed by atoms with Crippen molar-refractivity contribution in [2.24, 2.45) is 0 Å². The third-order valence-corrected chi connectivity index (χ3v) is 1.45. The van der Waals surface area contributed by atoms with Crippen LogP contribution >= 0.6 is 11.6 Å². The van der Waals surface area contributed by atoms with Crippen molar-refractivity contribution in [3.63, 3.8) is 0 Å². The predicted molar refractivity (Wildman–Crippen MR) is 35.8 cm³/mol. The summed E-state index contributed by atoms with van der Waals surface area (Å²) in [6.07, 6.45) is 1.31. The Labute approximate surface area is 61.5 Å². The van der Waals surface area contributed by atoms with Crippen LogP contribution in [-0.4, -0.2) is 15.3 Å². The number of H-pyrrole nitrogens is 1. The second-order valence-corrected chi connectivity index (χ2v) is 2.07. The van der Waals surface area contributed by atoms with Crippen molar-refractivity contribution in [3.05, 3.63) is 27.1 Å². The first-order chi connectivity index (χ1) is 4.75. The van der Waals surface area contributed by atoms with Crippen LogP contribution in [0.4, 0.5) is 0 Å². The number of aliphatic hydroxyl groups excluding tert-OH is 1. The zero-order valence-electron chi connectivity index (χ0n) is 4.97. The molecule has 54 valence electrons. The van der Waals surface area contributed by atoms with Gasteiger partial charge >= 0.3 is 0 Å². The van der Waals surface area contributed by atoms with Crippen molar-refractivity contribution in [1.29, 1.82) is 0 Å². The highest BCUT2D eigenvalue weighted by molar-refractivity contribution is 6.31. The summed E-state index contributed by atoms with van der Waals surface area (Å²) >= 11 is 5.45. The van der Waals surface area contributed by atoms with Crippen molar-refractivity contribution in [2.45, 2.75) is 6.61 Å². The fourth-order valence-corrected chi connectivity index (χ4v) is 0.681.